The van der Waals surface area contributed by atoms with Gasteiger partial charge in [-0.3, -0.25) is 0 Å². The number of hydrogen-bond donors (Lipinski definition) is 1. The molecule has 0 saturated carbocycles. The van der Waals surface area contributed by atoms with Crippen LogP contribution in [-0.2, 0) is 6.42 Å². The molecule has 0 radical (unpaired) electrons. The average Bonchev–Trinajstić information content (AvgIpc) is 2.33. The van der Waals surface area contributed by atoms with E-state index in [2.05, 4.69) is 26.1 Å². The summed E-state index contributed by atoms with van der Waals surface area (Å²) in [5.41, 5.74) is -0.0189. The lowest BCUT2D eigenvalue weighted by atomic mass is 9.83. The second-order valence-corrected chi connectivity index (χ2v) is 6.01. The van der Waals surface area contributed by atoms with Crippen LogP contribution in [0.25, 0.3) is 0 Å². The Bertz CT molecular complexity index is 407. The number of rotatable bonds is 8. The van der Waals surface area contributed by atoms with E-state index < -0.39 is 17.5 Å². The van der Waals surface area contributed by atoms with Gasteiger partial charge in [0.05, 0.1) is 0 Å². The van der Waals surface area contributed by atoms with E-state index in [1.807, 2.05) is 0 Å². The molecule has 1 aromatic rings. The first-order valence-corrected chi connectivity index (χ1v) is 7.20. The summed E-state index contributed by atoms with van der Waals surface area (Å²) < 4.78 is 39.9. The van der Waals surface area contributed by atoms with Gasteiger partial charge in [-0.1, -0.05) is 20.8 Å². The van der Waals surface area contributed by atoms with Gasteiger partial charge in [-0.15, -0.1) is 0 Å². The van der Waals surface area contributed by atoms with Gasteiger partial charge in [0.2, 0.25) is 0 Å². The molecule has 0 saturated heterocycles. The lowest BCUT2D eigenvalue weighted by Crippen LogP contribution is -2.23. The number of hydrogen-bond acceptors (Lipinski definition) is 1. The first-order valence-electron chi connectivity index (χ1n) is 7.20. The van der Waals surface area contributed by atoms with Crippen molar-refractivity contribution in [2.45, 2.75) is 46.5 Å². The highest BCUT2D eigenvalue weighted by molar-refractivity contribution is 5.21. The monoisotopic (exact) mass is 287 g/mol. The molecule has 0 amide bonds. The van der Waals surface area contributed by atoms with E-state index >= 15 is 0 Å². The van der Waals surface area contributed by atoms with Gasteiger partial charge < -0.3 is 5.32 Å². The predicted molar refractivity (Wildman–Crippen MR) is 76.2 cm³/mol. The Morgan fingerprint density at radius 3 is 2.15 bits per heavy atom. The molecule has 0 aliphatic heterocycles. The molecule has 0 fully saturated rings. The fourth-order valence-corrected chi connectivity index (χ4v) is 2.13. The minimum Gasteiger partial charge on any atom is -0.317 e. The third-order valence-electron chi connectivity index (χ3n) is 3.56. The minimum atomic E-state index is -0.869. The molecule has 1 rings (SSSR count). The molecule has 1 nitrogen and oxygen atoms in total. The van der Waals surface area contributed by atoms with Gasteiger partial charge in [0.15, 0.2) is 0 Å². The largest absolute Gasteiger partial charge is 0.317 e. The Morgan fingerprint density at radius 1 is 1.00 bits per heavy atom. The topological polar surface area (TPSA) is 12.0 Å². The molecule has 114 valence electrons. The van der Waals surface area contributed by atoms with Crippen molar-refractivity contribution in [3.05, 3.63) is 35.1 Å². The zero-order valence-corrected chi connectivity index (χ0v) is 12.5. The molecule has 0 aromatic heterocycles. The van der Waals surface area contributed by atoms with E-state index in [0.717, 1.165) is 38.1 Å². The van der Waals surface area contributed by atoms with Gasteiger partial charge in [-0.25, -0.2) is 13.2 Å². The standard InChI is InChI=1S/C16H24F3N/c1-4-8-20-9-7-16(2,3)6-5-13-14(18)10-12(17)11-15(13)19/h10-11,20H,4-9H2,1-3H3. The summed E-state index contributed by atoms with van der Waals surface area (Å²) >= 11 is 0. The van der Waals surface area contributed by atoms with Gasteiger partial charge in [-0.2, -0.15) is 0 Å². The van der Waals surface area contributed by atoms with Crippen LogP contribution in [0.4, 0.5) is 13.2 Å². The molecule has 0 unspecified atom stereocenters. The highest BCUT2D eigenvalue weighted by atomic mass is 19.1. The smallest absolute Gasteiger partial charge is 0.132 e. The van der Waals surface area contributed by atoms with Gasteiger partial charge in [0.1, 0.15) is 17.5 Å². The van der Waals surface area contributed by atoms with Crippen molar-refractivity contribution >= 4 is 0 Å². The molecule has 0 atom stereocenters. The fraction of sp³-hybridized carbons (Fsp3) is 0.625. The van der Waals surface area contributed by atoms with Crippen molar-refractivity contribution in [2.75, 3.05) is 13.1 Å². The summed E-state index contributed by atoms with van der Waals surface area (Å²) in [7, 11) is 0. The van der Waals surface area contributed by atoms with Crippen LogP contribution in [0.5, 0.6) is 0 Å². The molecule has 0 aliphatic rings. The molecular formula is C16H24F3N. The maximum atomic E-state index is 13.5. The van der Waals surface area contributed by atoms with Crippen molar-refractivity contribution in [1.29, 1.82) is 0 Å². The van der Waals surface area contributed by atoms with Gasteiger partial charge in [0, 0.05) is 17.7 Å². The molecule has 0 heterocycles. The molecule has 0 aliphatic carbocycles. The predicted octanol–water partition coefficient (Wildman–Crippen LogP) is 4.45. The van der Waals surface area contributed by atoms with Crippen molar-refractivity contribution < 1.29 is 13.2 Å². The molecule has 0 bridgehead atoms. The van der Waals surface area contributed by atoms with Gasteiger partial charge in [-0.05, 0) is 44.2 Å². The highest BCUT2D eigenvalue weighted by Crippen LogP contribution is 2.28. The van der Waals surface area contributed by atoms with Crippen LogP contribution in [-0.4, -0.2) is 13.1 Å². The van der Waals surface area contributed by atoms with Gasteiger partial charge in [0.25, 0.3) is 0 Å². The number of benzene rings is 1. The van der Waals surface area contributed by atoms with Crippen LogP contribution >= 0.6 is 0 Å². The van der Waals surface area contributed by atoms with Crippen molar-refractivity contribution in [2.24, 2.45) is 5.41 Å². The number of nitrogens with one attached hydrogen (secondary N) is 1. The van der Waals surface area contributed by atoms with E-state index in [4.69, 9.17) is 0 Å². The molecule has 0 spiro atoms. The summed E-state index contributed by atoms with van der Waals surface area (Å²) in [5.74, 6) is -2.45. The maximum Gasteiger partial charge on any atom is 0.132 e. The van der Waals surface area contributed by atoms with E-state index in [9.17, 15) is 13.2 Å². The third-order valence-corrected chi connectivity index (χ3v) is 3.56. The SMILES string of the molecule is CCCNCCC(C)(C)CCc1c(F)cc(F)cc1F. The number of halogens is 3. The normalized spacial score (nSPS) is 11.9. The van der Waals surface area contributed by atoms with Crippen LogP contribution in [0.15, 0.2) is 12.1 Å². The van der Waals surface area contributed by atoms with E-state index in [0.29, 0.717) is 12.8 Å². The lowest BCUT2D eigenvalue weighted by molar-refractivity contribution is 0.299. The van der Waals surface area contributed by atoms with Crippen LogP contribution in [0.3, 0.4) is 0 Å². The summed E-state index contributed by atoms with van der Waals surface area (Å²) in [4.78, 5) is 0. The average molecular weight is 287 g/mol. The van der Waals surface area contributed by atoms with Crippen LogP contribution in [0.2, 0.25) is 0 Å². The summed E-state index contributed by atoms with van der Waals surface area (Å²) in [5, 5.41) is 3.32. The van der Waals surface area contributed by atoms with E-state index in [1.165, 1.54) is 0 Å². The molecule has 1 N–H and O–H groups in total. The third kappa shape index (κ3) is 5.53. The quantitative estimate of drug-likeness (QED) is 0.696. The molecular weight excluding hydrogens is 263 g/mol. The first-order chi connectivity index (χ1) is 9.35. The molecule has 4 heteroatoms. The lowest BCUT2D eigenvalue weighted by Gasteiger charge is -2.25. The van der Waals surface area contributed by atoms with Crippen molar-refractivity contribution in [1.82, 2.24) is 5.32 Å². The Kier molecular flexibility index (Phi) is 6.53. The maximum absolute atomic E-state index is 13.5. The summed E-state index contributed by atoms with van der Waals surface area (Å²) in [6, 6.07) is 1.49. The second kappa shape index (κ2) is 7.67. The van der Waals surface area contributed by atoms with Gasteiger partial charge >= 0.3 is 0 Å². The summed E-state index contributed by atoms with van der Waals surface area (Å²) in [6.45, 7) is 8.16. The van der Waals surface area contributed by atoms with Crippen molar-refractivity contribution in [3.63, 3.8) is 0 Å². The minimum absolute atomic E-state index is 0.00594. The zero-order chi connectivity index (χ0) is 15.2. The zero-order valence-electron chi connectivity index (χ0n) is 12.5. The van der Waals surface area contributed by atoms with Crippen LogP contribution in [0, 0.1) is 22.9 Å². The Labute approximate surface area is 119 Å². The van der Waals surface area contributed by atoms with Crippen molar-refractivity contribution in [3.8, 4) is 0 Å². The van der Waals surface area contributed by atoms with Crippen LogP contribution < -0.4 is 5.32 Å². The first kappa shape index (κ1) is 17.0. The fourth-order valence-electron chi connectivity index (χ4n) is 2.13. The second-order valence-electron chi connectivity index (χ2n) is 6.01. The Morgan fingerprint density at radius 2 is 1.60 bits per heavy atom. The van der Waals surface area contributed by atoms with E-state index in [1.54, 1.807) is 0 Å². The molecule has 20 heavy (non-hydrogen) atoms. The van der Waals surface area contributed by atoms with E-state index in [-0.39, 0.29) is 11.0 Å². The summed E-state index contributed by atoms with van der Waals surface area (Å²) in [6.07, 6.45) is 2.99. The highest BCUT2D eigenvalue weighted by Gasteiger charge is 2.20. The Hall–Kier alpha value is -1.03. The Balaban J connectivity index is 2.53. The molecule has 1 aromatic carbocycles. The van der Waals surface area contributed by atoms with Crippen LogP contribution in [0.1, 0.15) is 45.6 Å².